The number of nitrogens with two attached hydrogens (primary N) is 1. The van der Waals surface area contributed by atoms with Crippen LogP contribution in [-0.4, -0.2) is 13.1 Å². The molecule has 0 saturated heterocycles. The van der Waals surface area contributed by atoms with E-state index < -0.39 is 5.97 Å². The molecule has 1 aromatic carbocycles. The summed E-state index contributed by atoms with van der Waals surface area (Å²) in [5, 5.41) is 10.5. The van der Waals surface area contributed by atoms with Gasteiger partial charge in [-0.1, -0.05) is 11.6 Å². The molecule has 0 radical (unpaired) electrons. The topological polar surface area (TPSA) is 75.4 Å². The van der Waals surface area contributed by atoms with E-state index in [0.717, 1.165) is 0 Å². The fourth-order valence-corrected chi connectivity index (χ4v) is 1.14. The van der Waals surface area contributed by atoms with Crippen molar-refractivity contribution in [3.05, 3.63) is 22.7 Å². The number of nitrogen functional groups attached to an aromatic ring is 1. The van der Waals surface area contributed by atoms with Gasteiger partial charge in [-0.3, -0.25) is 0 Å². The Balaban J connectivity index is 0.00000169. The number of ether oxygens (including phenoxy) is 1. The number of carbonyl (C=O) groups excluding carboxylic acids is 1. The van der Waals surface area contributed by atoms with Crippen LogP contribution in [0.1, 0.15) is 10.4 Å². The Morgan fingerprint density at radius 1 is 1.57 bits per heavy atom. The molecule has 0 aliphatic heterocycles. The van der Waals surface area contributed by atoms with E-state index >= 15 is 0 Å². The van der Waals surface area contributed by atoms with Crippen molar-refractivity contribution in [1.29, 1.82) is 0 Å². The minimum absolute atomic E-state index is 0. The van der Waals surface area contributed by atoms with Crippen molar-refractivity contribution in [3.8, 4) is 5.75 Å². The van der Waals surface area contributed by atoms with E-state index in [1.807, 2.05) is 0 Å². The molecule has 0 aromatic heterocycles. The number of aromatic carboxylic acids is 1. The van der Waals surface area contributed by atoms with E-state index in [9.17, 15) is 9.90 Å². The van der Waals surface area contributed by atoms with Gasteiger partial charge in [-0.25, -0.2) is 0 Å². The van der Waals surface area contributed by atoms with Crippen molar-refractivity contribution in [2.24, 2.45) is 0 Å². The van der Waals surface area contributed by atoms with Crippen LogP contribution in [0.25, 0.3) is 0 Å². The van der Waals surface area contributed by atoms with Gasteiger partial charge in [0.05, 0.1) is 23.8 Å². The van der Waals surface area contributed by atoms with Crippen molar-refractivity contribution in [3.63, 3.8) is 0 Å². The second-order valence-corrected chi connectivity index (χ2v) is 2.77. The summed E-state index contributed by atoms with van der Waals surface area (Å²) >= 11 is 5.62. The summed E-state index contributed by atoms with van der Waals surface area (Å²) in [6, 6.07) is 2.54. The zero-order valence-corrected chi connectivity index (χ0v) is 11.7. The summed E-state index contributed by atoms with van der Waals surface area (Å²) in [5.74, 6) is -1.02. The van der Waals surface area contributed by atoms with E-state index in [0.29, 0.717) is 5.75 Å². The summed E-state index contributed by atoms with van der Waals surface area (Å²) < 4.78 is 4.84. The predicted octanol–water partition coefficient (Wildman–Crippen LogP) is -2.70. The number of anilines is 1. The first-order valence-electron chi connectivity index (χ1n) is 3.40. The van der Waals surface area contributed by atoms with Crippen molar-refractivity contribution >= 4 is 23.3 Å². The maximum Gasteiger partial charge on any atom is 1.00 e. The fourth-order valence-electron chi connectivity index (χ4n) is 0.905. The molecule has 6 heteroatoms. The van der Waals surface area contributed by atoms with Gasteiger partial charge < -0.3 is 20.4 Å². The summed E-state index contributed by atoms with van der Waals surface area (Å²) in [7, 11) is 1.42. The van der Waals surface area contributed by atoms with E-state index in [4.69, 9.17) is 22.1 Å². The molecule has 0 heterocycles. The molecule has 1 aromatic rings. The van der Waals surface area contributed by atoms with E-state index in [2.05, 4.69) is 0 Å². The normalized spacial score (nSPS) is 9.00. The Morgan fingerprint density at radius 2 is 2.14 bits per heavy atom. The first-order valence-corrected chi connectivity index (χ1v) is 3.78. The molecule has 0 spiro atoms. The fraction of sp³-hybridized carbons (Fsp3) is 0.125. The zero-order chi connectivity index (χ0) is 10.0. The molecule has 0 atom stereocenters. The number of carboxylic acid groups (broad SMARTS) is 1. The van der Waals surface area contributed by atoms with Crippen molar-refractivity contribution < 1.29 is 66.0 Å². The number of halogens is 1. The van der Waals surface area contributed by atoms with Crippen LogP contribution in [0, 0.1) is 0 Å². The van der Waals surface area contributed by atoms with Crippen LogP contribution < -0.4 is 67.0 Å². The maximum atomic E-state index is 10.5. The van der Waals surface area contributed by atoms with Crippen molar-refractivity contribution in [1.82, 2.24) is 0 Å². The van der Waals surface area contributed by atoms with Gasteiger partial charge in [-0.15, -0.1) is 0 Å². The van der Waals surface area contributed by atoms with Gasteiger partial charge >= 0.3 is 51.4 Å². The maximum absolute atomic E-state index is 10.5. The van der Waals surface area contributed by atoms with Crippen LogP contribution in [0.5, 0.6) is 5.75 Å². The molecule has 0 amide bonds. The number of rotatable bonds is 2. The third-order valence-corrected chi connectivity index (χ3v) is 1.85. The molecule has 14 heavy (non-hydrogen) atoms. The number of carboxylic acids is 1. The molecular weight excluding hydrogens is 233 g/mol. The largest absolute Gasteiger partial charge is 1.00 e. The van der Waals surface area contributed by atoms with Gasteiger partial charge in [-0.05, 0) is 6.07 Å². The average Bonchev–Trinajstić information content (AvgIpc) is 2.07. The second kappa shape index (κ2) is 5.94. The molecule has 70 valence electrons. The van der Waals surface area contributed by atoms with Crippen LogP contribution in [0.3, 0.4) is 0 Å². The third-order valence-electron chi connectivity index (χ3n) is 1.54. The Labute approximate surface area is 129 Å². The van der Waals surface area contributed by atoms with Gasteiger partial charge in [-0.2, -0.15) is 0 Å². The summed E-state index contributed by atoms with van der Waals surface area (Å²) in [5.41, 5.74) is 5.54. The Bertz CT molecular complexity index is 357. The van der Waals surface area contributed by atoms with Crippen LogP contribution in [0.2, 0.25) is 5.02 Å². The minimum Gasteiger partial charge on any atom is -0.545 e. The molecule has 0 fully saturated rings. The van der Waals surface area contributed by atoms with Crippen molar-refractivity contribution in [2.45, 2.75) is 0 Å². The molecule has 2 N–H and O–H groups in total. The second-order valence-electron chi connectivity index (χ2n) is 2.36. The molecule has 0 saturated carbocycles. The summed E-state index contributed by atoms with van der Waals surface area (Å²) in [6.45, 7) is 0. The number of hydrogen-bond acceptors (Lipinski definition) is 4. The standard InChI is InChI=1S/C8H8ClNO3.K/c1-13-7-3-5(9)4(8(11)12)2-6(7)10;/h2-3H,10H2,1H3,(H,11,12);/q;+1/p-1. The van der Waals surface area contributed by atoms with Gasteiger partial charge in [0.25, 0.3) is 0 Å². The van der Waals surface area contributed by atoms with E-state index in [1.54, 1.807) is 0 Å². The number of benzene rings is 1. The van der Waals surface area contributed by atoms with Crippen LogP contribution in [0.4, 0.5) is 5.69 Å². The predicted molar refractivity (Wildman–Crippen MR) is 46.7 cm³/mol. The van der Waals surface area contributed by atoms with E-state index in [1.165, 1.54) is 19.2 Å². The average molecular weight is 240 g/mol. The van der Waals surface area contributed by atoms with E-state index in [-0.39, 0.29) is 67.7 Å². The molecule has 0 aliphatic carbocycles. The SMILES string of the molecule is COc1cc(Cl)c(C(=O)[O-])cc1N.[K+]. The molecule has 0 bridgehead atoms. The van der Waals surface area contributed by atoms with Gasteiger partial charge in [0, 0.05) is 11.6 Å². The smallest absolute Gasteiger partial charge is 0.545 e. The Morgan fingerprint density at radius 3 is 2.57 bits per heavy atom. The Kier molecular flexibility index (Phi) is 6.04. The van der Waals surface area contributed by atoms with Crippen LogP contribution >= 0.6 is 11.6 Å². The van der Waals surface area contributed by atoms with Gasteiger partial charge in [0.2, 0.25) is 0 Å². The zero-order valence-electron chi connectivity index (χ0n) is 7.83. The molecule has 0 aliphatic rings. The monoisotopic (exact) mass is 239 g/mol. The number of hydrogen-bond donors (Lipinski definition) is 1. The van der Waals surface area contributed by atoms with Crippen molar-refractivity contribution in [2.75, 3.05) is 12.8 Å². The first kappa shape index (κ1) is 14.2. The molecule has 4 nitrogen and oxygen atoms in total. The first-order chi connectivity index (χ1) is 6.06. The quantitative estimate of drug-likeness (QED) is 0.450. The molecule has 1 rings (SSSR count). The third kappa shape index (κ3) is 3.11. The molecular formula is C8H7ClKNO3. The minimum atomic E-state index is -1.36. The van der Waals surface area contributed by atoms with Gasteiger partial charge in [0.1, 0.15) is 5.75 Å². The molecule has 0 unspecified atom stereocenters. The van der Waals surface area contributed by atoms with Crippen LogP contribution in [0.15, 0.2) is 12.1 Å². The summed E-state index contributed by atoms with van der Waals surface area (Å²) in [4.78, 5) is 10.5. The van der Waals surface area contributed by atoms with Gasteiger partial charge in [0.15, 0.2) is 0 Å². The number of methoxy groups -OCH3 is 1. The summed E-state index contributed by atoms with van der Waals surface area (Å²) in [6.07, 6.45) is 0. The van der Waals surface area contributed by atoms with Crippen LogP contribution in [-0.2, 0) is 0 Å². The number of carbonyl (C=O) groups is 1. The Hall–Kier alpha value is 0.216.